The summed E-state index contributed by atoms with van der Waals surface area (Å²) in [6, 6.07) is 9.17. The second-order valence-corrected chi connectivity index (χ2v) is 4.49. The number of carbonyl (C=O) groups excluding carboxylic acids is 2. The van der Waals surface area contributed by atoms with Gasteiger partial charge in [-0.3, -0.25) is 10.1 Å². The molecule has 1 aliphatic rings. The number of anilines is 1. The van der Waals surface area contributed by atoms with Gasteiger partial charge >= 0.3 is 6.03 Å². The Labute approximate surface area is 124 Å². The summed E-state index contributed by atoms with van der Waals surface area (Å²) < 4.78 is 23.3. The van der Waals surface area contributed by atoms with E-state index in [1.807, 2.05) is 0 Å². The van der Waals surface area contributed by atoms with Crippen molar-refractivity contribution in [1.29, 1.82) is 0 Å². The number of nitrogens with one attached hydrogen (secondary N) is 2. The van der Waals surface area contributed by atoms with Gasteiger partial charge in [-0.25, -0.2) is 9.18 Å². The van der Waals surface area contributed by atoms with Crippen molar-refractivity contribution in [3.05, 3.63) is 53.8 Å². The zero-order chi connectivity index (χ0) is 15.5. The predicted molar refractivity (Wildman–Crippen MR) is 75.4 cm³/mol. The molecule has 0 aliphatic carbocycles. The summed E-state index contributed by atoms with van der Waals surface area (Å²) in [5, 5.41) is 4.52. The van der Waals surface area contributed by atoms with E-state index in [4.69, 9.17) is 9.47 Å². The van der Waals surface area contributed by atoms with Crippen molar-refractivity contribution in [3.63, 3.8) is 0 Å². The third-order valence-corrected chi connectivity index (χ3v) is 2.94. The minimum absolute atomic E-state index is 0.0977. The van der Waals surface area contributed by atoms with Crippen molar-refractivity contribution in [3.8, 4) is 11.5 Å². The first-order valence-corrected chi connectivity index (χ1v) is 6.39. The van der Waals surface area contributed by atoms with Gasteiger partial charge in [-0.2, -0.15) is 0 Å². The molecule has 0 bridgehead atoms. The summed E-state index contributed by atoms with van der Waals surface area (Å²) in [6.07, 6.45) is 0. The van der Waals surface area contributed by atoms with Gasteiger partial charge in [-0.1, -0.05) is 6.07 Å². The van der Waals surface area contributed by atoms with E-state index in [1.165, 1.54) is 30.3 Å². The molecule has 0 unspecified atom stereocenters. The summed E-state index contributed by atoms with van der Waals surface area (Å²) in [4.78, 5) is 23.7. The number of urea groups is 1. The maximum absolute atomic E-state index is 13.0. The quantitative estimate of drug-likeness (QED) is 0.893. The number of rotatable bonds is 2. The standard InChI is InChI=1S/C15H11FN2O4/c16-10-2-1-3-11(7-10)17-15(20)18-14(19)9-4-5-12-13(6-9)22-8-21-12/h1-7H,8H2,(H2,17,18,19,20). The lowest BCUT2D eigenvalue weighted by Crippen LogP contribution is -2.34. The van der Waals surface area contributed by atoms with Gasteiger partial charge in [0.05, 0.1) is 0 Å². The summed E-state index contributed by atoms with van der Waals surface area (Å²) in [5.41, 5.74) is 0.495. The van der Waals surface area contributed by atoms with Crippen LogP contribution in [0.3, 0.4) is 0 Å². The number of benzene rings is 2. The molecule has 7 heteroatoms. The molecule has 2 N–H and O–H groups in total. The maximum atomic E-state index is 13.0. The number of halogens is 1. The van der Waals surface area contributed by atoms with Gasteiger partial charge in [-0.15, -0.1) is 0 Å². The van der Waals surface area contributed by atoms with Crippen LogP contribution in [-0.4, -0.2) is 18.7 Å². The fourth-order valence-electron chi connectivity index (χ4n) is 1.94. The van der Waals surface area contributed by atoms with E-state index in [-0.39, 0.29) is 18.0 Å². The Kier molecular flexibility index (Phi) is 3.61. The van der Waals surface area contributed by atoms with Gasteiger partial charge in [0, 0.05) is 11.3 Å². The lowest BCUT2D eigenvalue weighted by molar-refractivity contribution is 0.0966. The van der Waals surface area contributed by atoms with Crippen molar-refractivity contribution in [2.75, 3.05) is 12.1 Å². The van der Waals surface area contributed by atoms with Crippen LogP contribution in [0.1, 0.15) is 10.4 Å². The number of ether oxygens (including phenoxy) is 2. The molecule has 3 amide bonds. The molecule has 0 fully saturated rings. The summed E-state index contributed by atoms with van der Waals surface area (Å²) in [6.45, 7) is 0.0977. The Bertz CT molecular complexity index is 748. The first-order chi connectivity index (χ1) is 10.6. The van der Waals surface area contributed by atoms with E-state index >= 15 is 0 Å². The molecule has 2 aromatic carbocycles. The fraction of sp³-hybridized carbons (Fsp3) is 0.0667. The molecule has 1 aliphatic heterocycles. The molecule has 0 saturated heterocycles. The first kappa shape index (κ1) is 13.9. The summed E-state index contributed by atoms with van der Waals surface area (Å²) in [5.74, 6) is -0.106. The van der Waals surface area contributed by atoms with Crippen LogP contribution in [0.25, 0.3) is 0 Å². The van der Waals surface area contributed by atoms with Gasteiger partial charge in [-0.05, 0) is 36.4 Å². The van der Waals surface area contributed by atoms with E-state index in [0.717, 1.165) is 6.07 Å². The third kappa shape index (κ3) is 2.98. The molecule has 3 rings (SSSR count). The third-order valence-electron chi connectivity index (χ3n) is 2.94. The topological polar surface area (TPSA) is 76.7 Å². The highest BCUT2D eigenvalue weighted by Gasteiger charge is 2.17. The van der Waals surface area contributed by atoms with Gasteiger partial charge in [0.25, 0.3) is 5.91 Å². The molecule has 1 heterocycles. The predicted octanol–water partition coefficient (Wildman–Crippen LogP) is 2.52. The SMILES string of the molecule is O=C(NC(=O)c1ccc2c(c1)OCO2)Nc1cccc(F)c1. The van der Waals surface area contributed by atoms with E-state index in [0.29, 0.717) is 11.5 Å². The maximum Gasteiger partial charge on any atom is 0.326 e. The first-order valence-electron chi connectivity index (χ1n) is 6.39. The Morgan fingerprint density at radius 3 is 2.68 bits per heavy atom. The van der Waals surface area contributed by atoms with Crippen molar-refractivity contribution in [2.24, 2.45) is 0 Å². The highest BCUT2D eigenvalue weighted by Crippen LogP contribution is 2.32. The minimum atomic E-state index is -0.756. The molecule has 0 saturated carbocycles. The Balaban J connectivity index is 1.65. The smallest absolute Gasteiger partial charge is 0.326 e. The van der Waals surface area contributed by atoms with Gasteiger partial charge in [0.15, 0.2) is 11.5 Å². The van der Waals surface area contributed by atoms with Crippen LogP contribution in [0, 0.1) is 5.82 Å². The van der Waals surface area contributed by atoms with E-state index in [9.17, 15) is 14.0 Å². The second kappa shape index (κ2) is 5.72. The van der Waals surface area contributed by atoms with Crippen molar-refractivity contribution in [1.82, 2.24) is 5.32 Å². The number of amides is 3. The van der Waals surface area contributed by atoms with Crippen LogP contribution >= 0.6 is 0 Å². The largest absolute Gasteiger partial charge is 0.454 e. The fourth-order valence-corrected chi connectivity index (χ4v) is 1.94. The molecular formula is C15H11FN2O4. The van der Waals surface area contributed by atoms with Gasteiger partial charge in [0.1, 0.15) is 5.82 Å². The van der Waals surface area contributed by atoms with Gasteiger partial charge in [0.2, 0.25) is 6.79 Å². The number of imide groups is 1. The molecule has 0 radical (unpaired) electrons. The number of fused-ring (bicyclic) bond motifs is 1. The zero-order valence-electron chi connectivity index (χ0n) is 11.3. The lowest BCUT2D eigenvalue weighted by atomic mass is 10.2. The average molecular weight is 302 g/mol. The van der Waals surface area contributed by atoms with Gasteiger partial charge < -0.3 is 14.8 Å². The van der Waals surface area contributed by atoms with Crippen LogP contribution in [0.2, 0.25) is 0 Å². The molecule has 22 heavy (non-hydrogen) atoms. The van der Waals surface area contributed by atoms with Crippen LogP contribution in [0.4, 0.5) is 14.9 Å². The zero-order valence-corrected chi connectivity index (χ0v) is 11.3. The molecule has 0 atom stereocenters. The highest BCUT2D eigenvalue weighted by atomic mass is 19.1. The van der Waals surface area contributed by atoms with Crippen molar-refractivity contribution < 1.29 is 23.5 Å². The summed E-state index contributed by atoms with van der Waals surface area (Å²) >= 11 is 0. The minimum Gasteiger partial charge on any atom is -0.454 e. The molecule has 112 valence electrons. The van der Waals surface area contributed by atoms with Crippen LogP contribution in [0.5, 0.6) is 11.5 Å². The molecule has 2 aromatic rings. The molecular weight excluding hydrogens is 291 g/mol. The van der Waals surface area contributed by atoms with E-state index in [1.54, 1.807) is 6.07 Å². The Morgan fingerprint density at radius 2 is 1.86 bits per heavy atom. The second-order valence-electron chi connectivity index (χ2n) is 4.49. The van der Waals surface area contributed by atoms with Crippen LogP contribution < -0.4 is 20.1 Å². The molecule has 6 nitrogen and oxygen atoms in total. The number of hydrogen-bond donors (Lipinski definition) is 2. The number of hydrogen-bond acceptors (Lipinski definition) is 4. The lowest BCUT2D eigenvalue weighted by Gasteiger charge is -2.07. The number of carbonyl (C=O) groups is 2. The van der Waals surface area contributed by atoms with Crippen LogP contribution in [0.15, 0.2) is 42.5 Å². The monoisotopic (exact) mass is 302 g/mol. The molecule has 0 aromatic heterocycles. The van der Waals surface area contributed by atoms with Crippen molar-refractivity contribution in [2.45, 2.75) is 0 Å². The van der Waals surface area contributed by atoms with Crippen molar-refractivity contribution >= 4 is 17.6 Å². The van der Waals surface area contributed by atoms with E-state index in [2.05, 4.69) is 10.6 Å². The van der Waals surface area contributed by atoms with E-state index < -0.39 is 17.8 Å². The normalized spacial score (nSPS) is 11.9. The van der Waals surface area contributed by atoms with Crippen LogP contribution in [-0.2, 0) is 0 Å². The Hall–Kier alpha value is -3.09. The average Bonchev–Trinajstić information content (AvgIpc) is 2.94. The highest BCUT2D eigenvalue weighted by molar-refractivity contribution is 6.08. The Morgan fingerprint density at radius 1 is 1.05 bits per heavy atom. The molecule has 0 spiro atoms. The summed E-state index contributed by atoms with van der Waals surface area (Å²) in [7, 11) is 0.